The van der Waals surface area contributed by atoms with Gasteiger partial charge in [0.05, 0.1) is 17.1 Å². The monoisotopic (exact) mass is 510 g/mol. The van der Waals surface area contributed by atoms with Gasteiger partial charge in [0.2, 0.25) is 5.91 Å². The van der Waals surface area contributed by atoms with Gasteiger partial charge in [-0.2, -0.15) is 0 Å². The summed E-state index contributed by atoms with van der Waals surface area (Å²) in [5, 5.41) is 2.75. The average Bonchev–Trinajstić information content (AvgIpc) is 3.40. The lowest BCUT2D eigenvalue weighted by Crippen LogP contribution is -2.48. The molecule has 1 unspecified atom stereocenters. The van der Waals surface area contributed by atoms with Crippen molar-refractivity contribution in [3.8, 4) is 5.69 Å². The van der Waals surface area contributed by atoms with Gasteiger partial charge in [-0.1, -0.05) is 61.4 Å². The number of benzene rings is 3. The zero-order valence-electron chi connectivity index (χ0n) is 21.6. The van der Waals surface area contributed by atoms with Crippen molar-refractivity contribution >= 4 is 23.3 Å². The summed E-state index contributed by atoms with van der Waals surface area (Å²) in [5.41, 5.74) is 5.13. The van der Waals surface area contributed by atoms with E-state index in [1.807, 2.05) is 79.5 Å². The minimum Gasteiger partial charge on any atom is -0.316 e. The molecule has 0 aliphatic carbocycles. The second kappa shape index (κ2) is 10.9. The molecule has 6 nitrogen and oxygen atoms in total. The lowest BCUT2D eigenvalue weighted by Gasteiger charge is -2.39. The van der Waals surface area contributed by atoms with Crippen LogP contribution in [0.1, 0.15) is 42.6 Å². The second-order valence-electron chi connectivity index (χ2n) is 9.59. The number of rotatable bonds is 7. The quantitative estimate of drug-likeness (QED) is 0.301. The van der Waals surface area contributed by atoms with Crippen molar-refractivity contribution in [1.82, 2.24) is 9.47 Å². The van der Waals surface area contributed by atoms with Gasteiger partial charge < -0.3 is 14.8 Å². The van der Waals surface area contributed by atoms with Crippen LogP contribution in [0.15, 0.2) is 91.1 Å². The summed E-state index contributed by atoms with van der Waals surface area (Å²) in [7, 11) is 0. The largest absolute Gasteiger partial charge is 0.322 e. The molecule has 3 aromatic carbocycles. The van der Waals surface area contributed by atoms with E-state index in [9.17, 15) is 14.0 Å². The number of nitrogens with zero attached hydrogens (tertiary/aromatic N) is 3. The first kappa shape index (κ1) is 25.3. The molecule has 194 valence electrons. The number of para-hydroxylation sites is 2. The van der Waals surface area contributed by atoms with E-state index in [1.165, 1.54) is 17.0 Å². The predicted octanol–water partition coefficient (Wildman–Crippen LogP) is 6.70. The topological polar surface area (TPSA) is 57.6 Å². The van der Waals surface area contributed by atoms with Crippen LogP contribution in [-0.2, 0) is 4.79 Å². The number of unbranched alkanes of at least 4 members (excludes halogenated alkanes) is 1. The van der Waals surface area contributed by atoms with Gasteiger partial charge in [-0.05, 0) is 61.4 Å². The number of hydrogen-bond acceptors (Lipinski definition) is 2. The fourth-order valence-corrected chi connectivity index (χ4v) is 5.03. The van der Waals surface area contributed by atoms with Gasteiger partial charge >= 0.3 is 6.03 Å². The Balaban J connectivity index is 1.51. The molecule has 3 amide bonds. The van der Waals surface area contributed by atoms with Crippen molar-refractivity contribution in [3.05, 3.63) is 114 Å². The number of urea groups is 1. The Kier molecular flexibility index (Phi) is 7.26. The van der Waals surface area contributed by atoms with Gasteiger partial charge in [-0.15, -0.1) is 0 Å². The van der Waals surface area contributed by atoms with Gasteiger partial charge in [0.1, 0.15) is 18.4 Å². The van der Waals surface area contributed by atoms with Crippen molar-refractivity contribution in [1.29, 1.82) is 0 Å². The van der Waals surface area contributed by atoms with Gasteiger partial charge in [-0.25, -0.2) is 9.18 Å². The highest BCUT2D eigenvalue weighted by Gasteiger charge is 2.37. The first-order chi connectivity index (χ1) is 18.5. The first-order valence-corrected chi connectivity index (χ1v) is 12.9. The van der Waals surface area contributed by atoms with Gasteiger partial charge in [0, 0.05) is 18.4 Å². The minimum absolute atomic E-state index is 0.113. The molecule has 1 aliphatic heterocycles. The zero-order valence-corrected chi connectivity index (χ0v) is 21.6. The number of amides is 3. The molecule has 4 aromatic rings. The Morgan fingerprint density at radius 2 is 1.74 bits per heavy atom. The van der Waals surface area contributed by atoms with Crippen molar-refractivity contribution in [2.24, 2.45) is 0 Å². The minimum atomic E-state index is -0.437. The highest BCUT2D eigenvalue weighted by molar-refractivity contribution is 6.01. The molecule has 5 rings (SSSR count). The van der Waals surface area contributed by atoms with Crippen molar-refractivity contribution < 1.29 is 14.0 Å². The third-order valence-corrected chi connectivity index (χ3v) is 6.82. The maximum atomic E-state index is 14.2. The molecule has 0 saturated heterocycles. The van der Waals surface area contributed by atoms with Crippen LogP contribution in [0.2, 0.25) is 0 Å². The van der Waals surface area contributed by atoms with Gasteiger partial charge in [-0.3, -0.25) is 9.69 Å². The highest BCUT2D eigenvalue weighted by Crippen LogP contribution is 2.42. The van der Waals surface area contributed by atoms with E-state index >= 15 is 0 Å². The van der Waals surface area contributed by atoms with Crippen LogP contribution in [0.25, 0.3) is 5.69 Å². The maximum Gasteiger partial charge on any atom is 0.322 e. The number of carbonyl (C=O) groups excluding carboxylic acids is 2. The number of halogens is 1. The number of fused-ring (bicyclic) bond motifs is 3. The normalized spacial score (nSPS) is 14.0. The molecule has 1 atom stereocenters. The predicted molar refractivity (Wildman–Crippen MR) is 148 cm³/mol. The van der Waals surface area contributed by atoms with Crippen LogP contribution >= 0.6 is 0 Å². The molecule has 0 fully saturated rings. The van der Waals surface area contributed by atoms with Crippen molar-refractivity contribution in [2.75, 3.05) is 23.3 Å². The highest BCUT2D eigenvalue weighted by atomic mass is 19.1. The lowest BCUT2D eigenvalue weighted by atomic mass is 9.96. The molecule has 1 aliphatic rings. The Morgan fingerprint density at radius 1 is 0.947 bits per heavy atom. The number of carbonyl (C=O) groups is 2. The fraction of sp³-hybridized carbons (Fsp3) is 0.226. The Bertz CT molecular complexity index is 1460. The molecule has 0 saturated carbocycles. The summed E-state index contributed by atoms with van der Waals surface area (Å²) < 4.78 is 15.8. The average molecular weight is 511 g/mol. The van der Waals surface area contributed by atoms with Gasteiger partial charge in [0.25, 0.3) is 0 Å². The number of anilines is 2. The van der Waals surface area contributed by atoms with Crippen molar-refractivity contribution in [3.63, 3.8) is 0 Å². The molecule has 1 aromatic heterocycles. The smallest absolute Gasteiger partial charge is 0.316 e. The molecule has 38 heavy (non-hydrogen) atoms. The van der Waals surface area contributed by atoms with Crippen molar-refractivity contribution in [2.45, 2.75) is 32.7 Å². The number of hydrogen-bond donors (Lipinski definition) is 1. The van der Waals surface area contributed by atoms with E-state index in [-0.39, 0.29) is 18.5 Å². The summed E-state index contributed by atoms with van der Waals surface area (Å²) in [6, 6.07) is 25.0. The van der Waals surface area contributed by atoms with Crippen LogP contribution in [0.5, 0.6) is 0 Å². The van der Waals surface area contributed by atoms with E-state index in [0.29, 0.717) is 12.2 Å². The molecular formula is C31H31FN4O2. The van der Waals surface area contributed by atoms with E-state index in [2.05, 4.69) is 16.0 Å². The molecule has 2 heterocycles. The summed E-state index contributed by atoms with van der Waals surface area (Å²) in [5.74, 6) is -0.630. The van der Waals surface area contributed by atoms with E-state index in [1.54, 1.807) is 12.1 Å². The van der Waals surface area contributed by atoms with Crippen LogP contribution in [0.4, 0.5) is 20.6 Å². The standard InChI is InChI=1S/C31H31FN4O2/c1-3-4-17-34(31(38)33-25-13-8-12-24(32)20-25)21-29(37)36-27-15-6-5-14-26(27)35-18-9-16-28(35)30(36)23-11-7-10-22(2)19-23/h5-16,18-20,30H,3-4,17,21H2,1-2H3,(H,33,38). The Morgan fingerprint density at radius 3 is 2.50 bits per heavy atom. The van der Waals surface area contributed by atoms with E-state index < -0.39 is 11.8 Å². The number of aryl methyl sites for hydroxylation is 1. The van der Waals surface area contributed by atoms with Crippen LogP contribution in [0, 0.1) is 12.7 Å². The molecule has 0 spiro atoms. The maximum absolute atomic E-state index is 14.2. The Hall–Kier alpha value is -4.39. The summed E-state index contributed by atoms with van der Waals surface area (Å²) in [6.07, 6.45) is 3.62. The summed E-state index contributed by atoms with van der Waals surface area (Å²) in [4.78, 5) is 30.8. The number of nitrogens with one attached hydrogen (secondary N) is 1. The van der Waals surface area contributed by atoms with Gasteiger partial charge in [0.15, 0.2) is 0 Å². The van der Waals surface area contributed by atoms with Crippen LogP contribution < -0.4 is 10.2 Å². The van der Waals surface area contributed by atoms with Crippen LogP contribution in [0.3, 0.4) is 0 Å². The lowest BCUT2D eigenvalue weighted by molar-refractivity contribution is -0.119. The molecule has 7 heteroatoms. The first-order valence-electron chi connectivity index (χ1n) is 12.9. The molecule has 0 bridgehead atoms. The number of aromatic nitrogens is 1. The van der Waals surface area contributed by atoms with E-state index in [0.717, 1.165) is 41.0 Å². The van der Waals surface area contributed by atoms with Crippen LogP contribution in [-0.4, -0.2) is 34.5 Å². The SMILES string of the molecule is CCCCN(CC(=O)N1c2ccccc2-n2cccc2C1c1cccc(C)c1)C(=O)Nc1cccc(F)c1. The van der Waals surface area contributed by atoms with E-state index in [4.69, 9.17) is 0 Å². The summed E-state index contributed by atoms with van der Waals surface area (Å²) in [6.45, 7) is 4.37. The third-order valence-electron chi connectivity index (χ3n) is 6.82. The molecule has 0 radical (unpaired) electrons. The third kappa shape index (κ3) is 5.05. The fourth-order valence-electron chi connectivity index (χ4n) is 5.03. The second-order valence-corrected chi connectivity index (χ2v) is 9.59. The molecule has 1 N–H and O–H groups in total. The molecular weight excluding hydrogens is 479 g/mol. The zero-order chi connectivity index (χ0) is 26.6. The summed E-state index contributed by atoms with van der Waals surface area (Å²) >= 11 is 0. The Labute approximate surface area is 222 Å².